The zero-order valence-electron chi connectivity index (χ0n) is 9.90. The summed E-state index contributed by atoms with van der Waals surface area (Å²) in [4.78, 5) is 8.01. The Morgan fingerprint density at radius 1 is 1.29 bits per heavy atom. The molecule has 0 saturated carbocycles. The summed E-state index contributed by atoms with van der Waals surface area (Å²) in [5.74, 6) is 0.811. The summed E-state index contributed by atoms with van der Waals surface area (Å²) in [6.07, 6.45) is 1.49. The maximum Gasteiger partial charge on any atom is 0.237 e. The van der Waals surface area contributed by atoms with Crippen molar-refractivity contribution in [2.75, 3.05) is 45.9 Å². The van der Waals surface area contributed by atoms with Crippen molar-refractivity contribution in [1.82, 2.24) is 9.97 Å². The minimum atomic E-state index is 0.348. The molecule has 6 nitrogen and oxygen atoms in total. The second kappa shape index (κ2) is 8.05. The van der Waals surface area contributed by atoms with Crippen molar-refractivity contribution in [1.29, 1.82) is 0 Å². The van der Waals surface area contributed by atoms with Gasteiger partial charge in [0.05, 0.1) is 26.0 Å². The fraction of sp³-hybridized carbons (Fsp3) is 0.600. The SMILES string of the molecule is CNc1ncc(Cl)c(OCCOCCOC)n1. The second-order valence-electron chi connectivity index (χ2n) is 3.05. The summed E-state index contributed by atoms with van der Waals surface area (Å²) >= 11 is 5.88. The first kappa shape index (κ1) is 14.0. The van der Waals surface area contributed by atoms with Crippen molar-refractivity contribution in [2.45, 2.75) is 0 Å². The van der Waals surface area contributed by atoms with Crippen LogP contribution in [0.4, 0.5) is 5.95 Å². The van der Waals surface area contributed by atoms with Gasteiger partial charge in [-0.3, -0.25) is 0 Å². The lowest BCUT2D eigenvalue weighted by atomic mass is 10.6. The van der Waals surface area contributed by atoms with Crippen molar-refractivity contribution in [3.63, 3.8) is 0 Å². The predicted octanol–water partition coefficient (Wildman–Crippen LogP) is 1.21. The summed E-state index contributed by atoms with van der Waals surface area (Å²) in [6.45, 7) is 1.94. The Balaban J connectivity index is 2.30. The van der Waals surface area contributed by atoms with Crippen molar-refractivity contribution in [3.8, 4) is 5.88 Å². The number of anilines is 1. The quantitative estimate of drug-likeness (QED) is 0.710. The van der Waals surface area contributed by atoms with Crippen molar-refractivity contribution in [3.05, 3.63) is 11.2 Å². The number of methoxy groups -OCH3 is 1. The number of nitrogens with one attached hydrogen (secondary N) is 1. The molecule has 7 heteroatoms. The van der Waals surface area contributed by atoms with E-state index in [9.17, 15) is 0 Å². The molecule has 17 heavy (non-hydrogen) atoms. The molecule has 1 aromatic rings. The van der Waals surface area contributed by atoms with Crippen LogP contribution in [0.3, 0.4) is 0 Å². The predicted molar refractivity (Wildman–Crippen MR) is 64.8 cm³/mol. The number of rotatable bonds is 8. The van der Waals surface area contributed by atoms with E-state index in [0.717, 1.165) is 0 Å². The molecule has 1 aromatic heterocycles. The third-order valence-electron chi connectivity index (χ3n) is 1.83. The van der Waals surface area contributed by atoms with Crippen molar-refractivity contribution < 1.29 is 14.2 Å². The molecule has 0 atom stereocenters. The van der Waals surface area contributed by atoms with Gasteiger partial charge in [0.25, 0.3) is 0 Å². The molecule has 0 unspecified atom stereocenters. The molecule has 1 N–H and O–H groups in total. The Morgan fingerprint density at radius 2 is 2.06 bits per heavy atom. The van der Waals surface area contributed by atoms with Crippen LogP contribution < -0.4 is 10.1 Å². The van der Waals surface area contributed by atoms with E-state index < -0.39 is 0 Å². The average Bonchev–Trinajstić information content (AvgIpc) is 2.35. The van der Waals surface area contributed by atoms with E-state index in [2.05, 4.69) is 15.3 Å². The van der Waals surface area contributed by atoms with Gasteiger partial charge in [-0.15, -0.1) is 0 Å². The normalized spacial score (nSPS) is 10.3. The number of halogens is 1. The summed E-state index contributed by atoms with van der Waals surface area (Å²) in [7, 11) is 3.35. The van der Waals surface area contributed by atoms with E-state index >= 15 is 0 Å². The van der Waals surface area contributed by atoms with Crippen LogP contribution in [0.1, 0.15) is 0 Å². The molecular weight excluding hydrogens is 246 g/mol. The third-order valence-corrected chi connectivity index (χ3v) is 2.09. The molecule has 0 aromatic carbocycles. The number of ether oxygens (including phenoxy) is 3. The van der Waals surface area contributed by atoms with E-state index in [1.54, 1.807) is 14.2 Å². The van der Waals surface area contributed by atoms with Gasteiger partial charge in [0.15, 0.2) is 0 Å². The molecule has 0 amide bonds. The third kappa shape index (κ3) is 5.16. The lowest BCUT2D eigenvalue weighted by Gasteiger charge is -2.08. The molecule has 1 rings (SSSR count). The molecule has 0 spiro atoms. The van der Waals surface area contributed by atoms with Crippen molar-refractivity contribution >= 4 is 17.5 Å². The first-order valence-corrected chi connectivity index (χ1v) is 5.55. The van der Waals surface area contributed by atoms with Crippen LogP contribution in [0.25, 0.3) is 0 Å². The van der Waals surface area contributed by atoms with Crippen LogP contribution in [0.5, 0.6) is 5.88 Å². The zero-order valence-corrected chi connectivity index (χ0v) is 10.7. The standard InChI is InChI=1S/C10H16ClN3O3/c1-12-10-13-7-8(11)9(14-10)17-6-5-16-4-3-15-2/h7H,3-6H2,1-2H3,(H,12,13,14). The van der Waals surface area contributed by atoms with E-state index in [1.165, 1.54) is 6.20 Å². The van der Waals surface area contributed by atoms with Crippen molar-refractivity contribution in [2.24, 2.45) is 0 Å². The van der Waals surface area contributed by atoms with Gasteiger partial charge in [0.2, 0.25) is 11.8 Å². The smallest absolute Gasteiger partial charge is 0.237 e. The Labute approximate surface area is 105 Å². The minimum Gasteiger partial charge on any atom is -0.474 e. The van der Waals surface area contributed by atoms with E-state index in [0.29, 0.717) is 43.3 Å². The van der Waals surface area contributed by atoms with Crippen LogP contribution in [-0.4, -0.2) is 50.6 Å². The minimum absolute atomic E-state index is 0.348. The molecule has 0 bridgehead atoms. The highest BCUT2D eigenvalue weighted by Gasteiger charge is 2.05. The van der Waals surface area contributed by atoms with Crippen LogP contribution in [0.15, 0.2) is 6.20 Å². The fourth-order valence-corrected chi connectivity index (χ4v) is 1.16. The highest BCUT2D eigenvalue weighted by Crippen LogP contribution is 2.21. The van der Waals surface area contributed by atoms with Crippen LogP contribution in [0, 0.1) is 0 Å². The molecule has 1 heterocycles. The van der Waals surface area contributed by atoms with Gasteiger partial charge in [0.1, 0.15) is 11.6 Å². The van der Waals surface area contributed by atoms with Gasteiger partial charge in [0, 0.05) is 14.2 Å². The van der Waals surface area contributed by atoms with Gasteiger partial charge < -0.3 is 19.5 Å². The number of aromatic nitrogens is 2. The van der Waals surface area contributed by atoms with E-state index in [-0.39, 0.29) is 0 Å². The lowest BCUT2D eigenvalue weighted by molar-refractivity contribution is 0.0537. The van der Waals surface area contributed by atoms with Crippen LogP contribution in [-0.2, 0) is 9.47 Å². The topological polar surface area (TPSA) is 65.5 Å². The monoisotopic (exact) mass is 261 g/mol. The number of nitrogens with zero attached hydrogens (tertiary/aromatic N) is 2. The Morgan fingerprint density at radius 3 is 2.76 bits per heavy atom. The molecule has 96 valence electrons. The van der Waals surface area contributed by atoms with E-state index in [1.807, 2.05) is 0 Å². The molecule has 0 saturated heterocycles. The number of hydrogen-bond acceptors (Lipinski definition) is 6. The van der Waals surface area contributed by atoms with Gasteiger partial charge in [-0.1, -0.05) is 11.6 Å². The lowest BCUT2D eigenvalue weighted by Crippen LogP contribution is -2.11. The highest BCUT2D eigenvalue weighted by atomic mass is 35.5. The molecule has 0 aliphatic rings. The summed E-state index contributed by atoms with van der Waals surface area (Å²) in [5.41, 5.74) is 0. The largest absolute Gasteiger partial charge is 0.474 e. The van der Waals surface area contributed by atoms with Crippen LogP contribution in [0.2, 0.25) is 5.02 Å². The summed E-state index contributed by atoms with van der Waals surface area (Å²) in [5, 5.41) is 3.18. The first-order chi connectivity index (χ1) is 8.27. The van der Waals surface area contributed by atoms with Gasteiger partial charge in [-0.25, -0.2) is 4.98 Å². The Kier molecular flexibility index (Phi) is 6.61. The Hall–Kier alpha value is -1.11. The molecule has 0 radical (unpaired) electrons. The maximum atomic E-state index is 5.88. The molecule has 0 fully saturated rings. The Bertz CT molecular complexity index is 339. The number of hydrogen-bond donors (Lipinski definition) is 1. The van der Waals surface area contributed by atoms with E-state index in [4.69, 9.17) is 25.8 Å². The summed E-state index contributed by atoms with van der Waals surface area (Å²) < 4.78 is 15.5. The zero-order chi connectivity index (χ0) is 12.5. The molecule has 0 aliphatic carbocycles. The molecular formula is C10H16ClN3O3. The first-order valence-electron chi connectivity index (χ1n) is 5.17. The highest BCUT2D eigenvalue weighted by molar-refractivity contribution is 6.31. The second-order valence-corrected chi connectivity index (χ2v) is 3.46. The summed E-state index contributed by atoms with van der Waals surface area (Å²) in [6, 6.07) is 0. The average molecular weight is 262 g/mol. The maximum absolute atomic E-state index is 5.88. The molecule has 0 aliphatic heterocycles. The fourth-order valence-electron chi connectivity index (χ4n) is 1.01. The van der Waals surface area contributed by atoms with Crippen LogP contribution >= 0.6 is 11.6 Å². The van der Waals surface area contributed by atoms with Gasteiger partial charge in [-0.05, 0) is 0 Å². The van der Waals surface area contributed by atoms with Gasteiger partial charge >= 0.3 is 0 Å². The van der Waals surface area contributed by atoms with Gasteiger partial charge in [-0.2, -0.15) is 4.98 Å².